The molecule has 104 valence electrons. The quantitative estimate of drug-likeness (QED) is 0.765. The molecule has 0 spiro atoms. The topological polar surface area (TPSA) is 12.0 Å². The van der Waals surface area contributed by atoms with Gasteiger partial charge in [0.25, 0.3) is 0 Å². The van der Waals surface area contributed by atoms with Gasteiger partial charge in [-0.05, 0) is 73.6 Å². The Morgan fingerprint density at radius 3 is 2.53 bits per heavy atom. The first-order valence-electron chi connectivity index (χ1n) is 7.66. The van der Waals surface area contributed by atoms with Crippen LogP contribution in [0.2, 0.25) is 5.02 Å². The molecule has 0 aliphatic heterocycles. The molecule has 1 aromatic carbocycles. The average molecular weight is 278 g/mol. The standard InChI is InChI=1S/C17H24ClN/c1-2-7-19-12-17(10-14-8-15(14)11-17)9-13-3-5-16(18)6-4-13/h3-6,14-15,19H,2,7-12H2,1H3. The van der Waals surface area contributed by atoms with E-state index >= 15 is 0 Å². The summed E-state index contributed by atoms with van der Waals surface area (Å²) in [5, 5.41) is 4.51. The summed E-state index contributed by atoms with van der Waals surface area (Å²) in [6.07, 6.45) is 6.79. The number of hydrogen-bond donors (Lipinski definition) is 1. The van der Waals surface area contributed by atoms with Crippen LogP contribution in [0.15, 0.2) is 24.3 Å². The zero-order chi connectivity index (χ0) is 13.3. The maximum atomic E-state index is 5.98. The Balaban J connectivity index is 1.67. The third-order valence-electron chi connectivity index (χ3n) is 4.88. The summed E-state index contributed by atoms with van der Waals surface area (Å²) in [4.78, 5) is 0. The highest BCUT2D eigenvalue weighted by atomic mass is 35.5. The van der Waals surface area contributed by atoms with Gasteiger partial charge in [-0.25, -0.2) is 0 Å². The number of benzene rings is 1. The van der Waals surface area contributed by atoms with E-state index in [9.17, 15) is 0 Å². The molecule has 0 aromatic heterocycles. The molecule has 2 aliphatic carbocycles. The second-order valence-corrected chi connectivity index (χ2v) is 7.08. The Morgan fingerprint density at radius 2 is 1.89 bits per heavy atom. The van der Waals surface area contributed by atoms with Gasteiger partial charge in [-0.1, -0.05) is 30.7 Å². The predicted molar refractivity (Wildman–Crippen MR) is 81.6 cm³/mol. The van der Waals surface area contributed by atoms with E-state index in [4.69, 9.17) is 11.6 Å². The molecule has 2 atom stereocenters. The van der Waals surface area contributed by atoms with Gasteiger partial charge in [0, 0.05) is 11.6 Å². The van der Waals surface area contributed by atoms with E-state index in [0.717, 1.165) is 23.4 Å². The minimum absolute atomic E-state index is 0.510. The van der Waals surface area contributed by atoms with E-state index in [1.54, 1.807) is 0 Å². The van der Waals surface area contributed by atoms with Crippen LogP contribution in [0, 0.1) is 17.3 Å². The van der Waals surface area contributed by atoms with E-state index < -0.39 is 0 Å². The molecule has 2 saturated carbocycles. The molecule has 0 saturated heterocycles. The summed E-state index contributed by atoms with van der Waals surface area (Å²) in [5.74, 6) is 2.08. The van der Waals surface area contributed by atoms with Crippen molar-refractivity contribution in [2.45, 2.75) is 39.0 Å². The number of hydrogen-bond acceptors (Lipinski definition) is 1. The fourth-order valence-corrected chi connectivity index (χ4v) is 4.05. The molecular formula is C17H24ClN. The van der Waals surface area contributed by atoms with Gasteiger partial charge >= 0.3 is 0 Å². The van der Waals surface area contributed by atoms with Crippen LogP contribution in [-0.4, -0.2) is 13.1 Å². The lowest BCUT2D eigenvalue weighted by atomic mass is 9.77. The van der Waals surface area contributed by atoms with Gasteiger partial charge in [-0.15, -0.1) is 0 Å². The lowest BCUT2D eigenvalue weighted by Crippen LogP contribution is -2.35. The first-order chi connectivity index (χ1) is 9.21. The monoisotopic (exact) mass is 277 g/mol. The maximum Gasteiger partial charge on any atom is 0.0406 e. The SMILES string of the molecule is CCCNCC1(Cc2ccc(Cl)cc2)CC2CC2C1. The Morgan fingerprint density at radius 1 is 1.21 bits per heavy atom. The molecule has 0 amide bonds. The zero-order valence-corrected chi connectivity index (χ0v) is 12.5. The second-order valence-electron chi connectivity index (χ2n) is 6.64. The van der Waals surface area contributed by atoms with E-state index in [1.165, 1.54) is 44.2 Å². The fourth-order valence-electron chi connectivity index (χ4n) is 3.92. The highest BCUT2D eigenvalue weighted by Gasteiger charge is 2.53. The van der Waals surface area contributed by atoms with Crippen molar-refractivity contribution in [3.63, 3.8) is 0 Å². The third kappa shape index (κ3) is 3.14. The van der Waals surface area contributed by atoms with Crippen LogP contribution in [0.4, 0.5) is 0 Å². The van der Waals surface area contributed by atoms with Gasteiger partial charge in [0.2, 0.25) is 0 Å². The number of halogens is 1. The molecule has 1 nitrogen and oxygen atoms in total. The van der Waals surface area contributed by atoms with Crippen LogP contribution in [-0.2, 0) is 6.42 Å². The molecule has 2 fully saturated rings. The summed E-state index contributed by atoms with van der Waals surface area (Å²) < 4.78 is 0. The summed E-state index contributed by atoms with van der Waals surface area (Å²) in [6.45, 7) is 4.58. The lowest BCUT2D eigenvalue weighted by molar-refractivity contribution is 0.249. The van der Waals surface area contributed by atoms with E-state index in [1.807, 2.05) is 12.1 Å². The molecule has 1 aromatic rings. The van der Waals surface area contributed by atoms with Gasteiger partial charge in [0.1, 0.15) is 0 Å². The van der Waals surface area contributed by atoms with Crippen LogP contribution >= 0.6 is 11.6 Å². The normalized spacial score (nSPS) is 32.3. The van der Waals surface area contributed by atoms with E-state index in [0.29, 0.717) is 5.41 Å². The number of nitrogens with one attached hydrogen (secondary N) is 1. The van der Waals surface area contributed by atoms with Crippen LogP contribution in [0.5, 0.6) is 0 Å². The highest BCUT2D eigenvalue weighted by molar-refractivity contribution is 6.30. The predicted octanol–water partition coefficient (Wildman–Crippen LogP) is 4.30. The molecule has 2 aliphatic rings. The highest BCUT2D eigenvalue weighted by Crippen LogP contribution is 2.60. The molecule has 0 heterocycles. The largest absolute Gasteiger partial charge is 0.316 e. The van der Waals surface area contributed by atoms with Crippen molar-refractivity contribution in [1.82, 2.24) is 5.32 Å². The molecule has 0 bridgehead atoms. The molecule has 2 heteroatoms. The first kappa shape index (κ1) is 13.5. The minimum Gasteiger partial charge on any atom is -0.316 e. The third-order valence-corrected chi connectivity index (χ3v) is 5.13. The van der Waals surface area contributed by atoms with Crippen LogP contribution in [0.3, 0.4) is 0 Å². The van der Waals surface area contributed by atoms with Crippen molar-refractivity contribution >= 4 is 11.6 Å². The summed E-state index contributed by atoms with van der Waals surface area (Å²) in [6, 6.07) is 8.46. The molecule has 0 radical (unpaired) electrons. The molecule has 2 unspecified atom stereocenters. The number of fused-ring (bicyclic) bond motifs is 1. The number of rotatable bonds is 6. The zero-order valence-electron chi connectivity index (χ0n) is 11.8. The fraction of sp³-hybridized carbons (Fsp3) is 0.647. The Labute approximate surface area is 121 Å². The van der Waals surface area contributed by atoms with Crippen LogP contribution < -0.4 is 5.32 Å². The minimum atomic E-state index is 0.510. The smallest absolute Gasteiger partial charge is 0.0406 e. The van der Waals surface area contributed by atoms with Gasteiger partial charge < -0.3 is 5.32 Å². The summed E-state index contributed by atoms with van der Waals surface area (Å²) in [5.41, 5.74) is 1.96. The molecule has 3 rings (SSSR count). The van der Waals surface area contributed by atoms with Crippen molar-refractivity contribution in [1.29, 1.82) is 0 Å². The van der Waals surface area contributed by atoms with Gasteiger partial charge in [-0.2, -0.15) is 0 Å². The first-order valence-corrected chi connectivity index (χ1v) is 8.04. The molecule has 1 N–H and O–H groups in total. The van der Waals surface area contributed by atoms with Crippen molar-refractivity contribution in [2.24, 2.45) is 17.3 Å². The maximum absolute atomic E-state index is 5.98. The summed E-state index contributed by atoms with van der Waals surface area (Å²) >= 11 is 5.98. The Bertz CT molecular complexity index is 415. The molecule has 19 heavy (non-hydrogen) atoms. The second kappa shape index (κ2) is 5.46. The van der Waals surface area contributed by atoms with Crippen molar-refractivity contribution < 1.29 is 0 Å². The van der Waals surface area contributed by atoms with Crippen LogP contribution in [0.25, 0.3) is 0 Å². The van der Waals surface area contributed by atoms with E-state index in [2.05, 4.69) is 24.4 Å². The van der Waals surface area contributed by atoms with E-state index in [-0.39, 0.29) is 0 Å². The lowest BCUT2D eigenvalue weighted by Gasteiger charge is -2.31. The summed E-state index contributed by atoms with van der Waals surface area (Å²) in [7, 11) is 0. The van der Waals surface area contributed by atoms with Crippen LogP contribution in [0.1, 0.15) is 38.2 Å². The van der Waals surface area contributed by atoms with Crippen molar-refractivity contribution in [3.8, 4) is 0 Å². The Hall–Kier alpha value is -0.530. The van der Waals surface area contributed by atoms with Gasteiger partial charge in [0.05, 0.1) is 0 Å². The van der Waals surface area contributed by atoms with Crippen molar-refractivity contribution in [3.05, 3.63) is 34.9 Å². The average Bonchev–Trinajstić information content (AvgIpc) is 3.01. The van der Waals surface area contributed by atoms with Crippen molar-refractivity contribution in [2.75, 3.05) is 13.1 Å². The van der Waals surface area contributed by atoms with Gasteiger partial charge in [-0.3, -0.25) is 0 Å². The van der Waals surface area contributed by atoms with Gasteiger partial charge in [0.15, 0.2) is 0 Å². The Kier molecular flexibility index (Phi) is 3.86. The molecular weight excluding hydrogens is 254 g/mol.